The topological polar surface area (TPSA) is 120 Å². The van der Waals surface area contributed by atoms with Crippen molar-refractivity contribution < 1.29 is 28.2 Å². The van der Waals surface area contributed by atoms with Crippen LogP contribution < -0.4 is 26.5 Å². The first-order chi connectivity index (χ1) is 11.9. The molecule has 9 heteroatoms. The molecule has 25 heavy (non-hydrogen) atoms. The lowest BCUT2D eigenvalue weighted by Gasteiger charge is -2.11. The Bertz CT molecular complexity index is 762. The highest BCUT2D eigenvalue weighted by Crippen LogP contribution is 2.25. The van der Waals surface area contributed by atoms with Crippen LogP contribution in [-0.4, -0.2) is 17.7 Å². The number of benzene rings is 2. The van der Waals surface area contributed by atoms with Crippen molar-refractivity contribution >= 4 is 5.97 Å². The van der Waals surface area contributed by atoms with Crippen molar-refractivity contribution in [3.63, 3.8) is 0 Å². The van der Waals surface area contributed by atoms with Gasteiger partial charge in [-0.05, 0) is 35.4 Å². The molecule has 0 atom stereocenters. The normalized spacial score (nSPS) is 11.7. The predicted molar refractivity (Wildman–Crippen MR) is 85.3 cm³/mol. The van der Waals surface area contributed by atoms with Crippen LogP contribution in [0, 0.1) is 0 Å². The van der Waals surface area contributed by atoms with Crippen LogP contribution >= 0.6 is 0 Å². The minimum Gasteiger partial charge on any atom is -0.476 e. The molecule has 2 rings (SSSR count). The Morgan fingerprint density at radius 1 is 1.00 bits per heavy atom. The monoisotopic (exact) mass is 351 g/mol. The van der Waals surface area contributed by atoms with Gasteiger partial charge in [-0.1, -0.05) is 24.3 Å². The van der Waals surface area contributed by atoms with Crippen LogP contribution in [0.25, 0.3) is 11.1 Å². The fraction of sp³-hybridized carbons (Fsp3) is 0.0625. The molecule has 0 spiro atoms. The van der Waals surface area contributed by atoms with Gasteiger partial charge in [0.1, 0.15) is 11.5 Å². The summed E-state index contributed by atoms with van der Waals surface area (Å²) in [5, 5.41) is 8.82. The first-order valence-electron chi connectivity index (χ1n) is 6.93. The Kier molecular flexibility index (Phi) is 5.75. The molecule has 0 aliphatic rings. The molecule has 6 N–H and O–H groups in total. The molecule has 0 saturated carbocycles. The van der Waals surface area contributed by atoms with E-state index in [1.54, 1.807) is 36.4 Å². The van der Waals surface area contributed by atoms with Gasteiger partial charge < -0.3 is 20.3 Å². The van der Waals surface area contributed by atoms with E-state index in [1.165, 1.54) is 12.1 Å². The molecule has 0 aliphatic carbocycles. The van der Waals surface area contributed by atoms with Gasteiger partial charge in [0.15, 0.2) is 5.70 Å². The van der Waals surface area contributed by atoms with Crippen molar-refractivity contribution in [3.8, 4) is 22.6 Å². The summed E-state index contributed by atoms with van der Waals surface area (Å²) in [6.07, 6.45) is 0. The van der Waals surface area contributed by atoms with Gasteiger partial charge >= 0.3 is 12.6 Å². The number of nitrogens with two attached hydrogens (primary N) is 2. The van der Waals surface area contributed by atoms with Crippen molar-refractivity contribution in [1.82, 2.24) is 5.43 Å². The Morgan fingerprint density at radius 2 is 1.48 bits per heavy atom. The Hall–Kier alpha value is -3.33. The van der Waals surface area contributed by atoms with E-state index in [2.05, 4.69) is 10.2 Å². The molecule has 0 aromatic heterocycles. The molecule has 132 valence electrons. The number of halogens is 2. The number of rotatable bonds is 7. The average Bonchev–Trinajstić information content (AvgIpc) is 2.59. The van der Waals surface area contributed by atoms with Crippen LogP contribution in [0.15, 0.2) is 60.1 Å². The number of hydrogen-bond donors (Lipinski definition) is 4. The second kappa shape index (κ2) is 7.97. The third-order valence-electron chi connectivity index (χ3n) is 3.09. The third-order valence-corrected chi connectivity index (χ3v) is 3.09. The van der Waals surface area contributed by atoms with E-state index in [9.17, 15) is 13.6 Å². The van der Waals surface area contributed by atoms with E-state index in [4.69, 9.17) is 21.4 Å². The second-order valence-corrected chi connectivity index (χ2v) is 4.72. The molecule has 0 saturated heterocycles. The molecule has 0 aliphatic heterocycles. The highest BCUT2D eigenvalue weighted by molar-refractivity contribution is 5.85. The zero-order valence-corrected chi connectivity index (χ0v) is 12.8. The molecule has 0 unspecified atom stereocenters. The van der Waals surface area contributed by atoms with E-state index in [0.717, 1.165) is 11.1 Å². The van der Waals surface area contributed by atoms with E-state index in [-0.39, 0.29) is 11.6 Å². The van der Waals surface area contributed by atoms with Gasteiger partial charge in [-0.25, -0.2) is 10.6 Å². The van der Waals surface area contributed by atoms with Gasteiger partial charge in [-0.2, -0.15) is 8.78 Å². The summed E-state index contributed by atoms with van der Waals surface area (Å²) in [7, 11) is 0. The van der Waals surface area contributed by atoms with Crippen LogP contribution in [0.3, 0.4) is 0 Å². The number of nitrogens with one attached hydrogen (secondary N) is 1. The van der Waals surface area contributed by atoms with Gasteiger partial charge in [0, 0.05) is 0 Å². The fourth-order valence-electron chi connectivity index (χ4n) is 1.92. The largest absolute Gasteiger partial charge is 0.476 e. The summed E-state index contributed by atoms with van der Waals surface area (Å²) >= 11 is 0. The lowest BCUT2D eigenvalue weighted by atomic mass is 10.1. The van der Waals surface area contributed by atoms with Crippen LogP contribution in [0.5, 0.6) is 11.5 Å². The Morgan fingerprint density at radius 3 is 1.88 bits per heavy atom. The maximum absolute atomic E-state index is 12.1. The van der Waals surface area contributed by atoms with E-state index < -0.39 is 18.3 Å². The first-order valence-corrected chi connectivity index (χ1v) is 6.93. The summed E-state index contributed by atoms with van der Waals surface area (Å²) in [5.41, 5.74) is 8.40. The fourth-order valence-corrected chi connectivity index (χ4v) is 1.92. The van der Waals surface area contributed by atoms with Crippen LogP contribution in [0.2, 0.25) is 0 Å². The predicted octanol–water partition coefficient (Wildman–Crippen LogP) is 2.01. The van der Waals surface area contributed by atoms with Crippen LogP contribution in [0.1, 0.15) is 0 Å². The minimum absolute atomic E-state index is 0.0617. The van der Waals surface area contributed by atoms with Crippen molar-refractivity contribution in [2.24, 2.45) is 11.6 Å². The molecular weight excluding hydrogens is 336 g/mol. The molecule has 0 heterocycles. The molecule has 0 radical (unpaired) electrons. The van der Waals surface area contributed by atoms with Crippen LogP contribution in [-0.2, 0) is 4.79 Å². The molecule has 7 nitrogen and oxygen atoms in total. The number of hydrogen-bond acceptors (Lipinski definition) is 6. The summed E-state index contributed by atoms with van der Waals surface area (Å²) < 4.78 is 33.8. The zero-order valence-electron chi connectivity index (χ0n) is 12.8. The Labute approximate surface area is 141 Å². The van der Waals surface area contributed by atoms with Gasteiger partial charge in [0.25, 0.3) is 0 Å². The third kappa shape index (κ3) is 4.82. The van der Waals surface area contributed by atoms with Gasteiger partial charge in [-0.15, -0.1) is 0 Å². The lowest BCUT2D eigenvalue weighted by Crippen LogP contribution is -2.31. The number of alkyl halides is 2. The van der Waals surface area contributed by atoms with Gasteiger partial charge in [0.2, 0.25) is 5.88 Å². The molecule has 2 aromatic carbocycles. The van der Waals surface area contributed by atoms with Crippen molar-refractivity contribution in [3.05, 3.63) is 60.1 Å². The number of ether oxygens (including phenoxy) is 2. The van der Waals surface area contributed by atoms with E-state index in [0.29, 0.717) is 5.75 Å². The summed E-state index contributed by atoms with van der Waals surface area (Å²) in [5.74, 6) is 3.88. The van der Waals surface area contributed by atoms with Crippen LogP contribution in [0.4, 0.5) is 8.78 Å². The molecule has 2 aromatic rings. The zero-order chi connectivity index (χ0) is 18.4. The van der Waals surface area contributed by atoms with Crippen molar-refractivity contribution in [2.75, 3.05) is 0 Å². The minimum atomic E-state index is -2.88. The molecule has 0 bridgehead atoms. The Balaban J connectivity index is 2.14. The molecule has 0 fully saturated rings. The van der Waals surface area contributed by atoms with E-state index >= 15 is 0 Å². The number of carbonyl (C=O) groups is 1. The lowest BCUT2D eigenvalue weighted by molar-refractivity contribution is -0.132. The smallest absolute Gasteiger partial charge is 0.387 e. The SMILES string of the molecule is NN/C(Oc1ccc(-c2ccc(OC(F)F)cc2)cc1)=C(\N)C(=O)O. The summed E-state index contributed by atoms with van der Waals surface area (Å²) in [4.78, 5) is 10.8. The van der Waals surface area contributed by atoms with Crippen molar-refractivity contribution in [2.45, 2.75) is 6.61 Å². The quantitative estimate of drug-likeness (QED) is 0.261. The average molecular weight is 351 g/mol. The van der Waals surface area contributed by atoms with Gasteiger partial charge in [0.05, 0.1) is 0 Å². The molecular formula is C16H15F2N3O4. The number of aliphatic carboxylic acids is 1. The maximum atomic E-state index is 12.1. The summed E-state index contributed by atoms with van der Waals surface area (Å²) in [6.45, 7) is -2.88. The number of carboxylic acids is 1. The highest BCUT2D eigenvalue weighted by atomic mass is 19.3. The van der Waals surface area contributed by atoms with Crippen molar-refractivity contribution in [1.29, 1.82) is 0 Å². The number of hydrazine groups is 1. The maximum Gasteiger partial charge on any atom is 0.387 e. The number of carboxylic acid groups (broad SMARTS) is 1. The summed E-state index contributed by atoms with van der Waals surface area (Å²) in [6, 6.07) is 12.7. The second-order valence-electron chi connectivity index (χ2n) is 4.72. The van der Waals surface area contributed by atoms with E-state index in [1.807, 2.05) is 0 Å². The molecule has 0 amide bonds. The van der Waals surface area contributed by atoms with Gasteiger partial charge in [-0.3, -0.25) is 5.43 Å². The standard InChI is InChI=1S/C16H15F2N3O4/c17-16(18)25-12-7-3-10(4-8-12)9-1-5-11(6-2-9)24-14(21-20)13(19)15(22)23/h1-8,16,21H,19-20H2,(H,22,23)/b14-13+. The highest BCUT2D eigenvalue weighted by Gasteiger charge is 2.12. The first kappa shape index (κ1) is 18.0.